The molecule has 7 heteroatoms. The SMILES string of the molecule is CN(C(=O)CN(CC(N)=O)CC(=O)O)C1CC1. The summed E-state index contributed by atoms with van der Waals surface area (Å²) >= 11 is 0. The molecular weight excluding hydrogens is 226 g/mol. The summed E-state index contributed by atoms with van der Waals surface area (Å²) in [6, 6.07) is 0.266. The lowest BCUT2D eigenvalue weighted by Gasteiger charge is -2.22. The first-order valence-electron chi connectivity index (χ1n) is 5.38. The summed E-state index contributed by atoms with van der Waals surface area (Å²) in [6.45, 7) is -0.689. The summed E-state index contributed by atoms with van der Waals surface area (Å²) in [5.41, 5.74) is 4.99. The molecule has 0 aromatic rings. The van der Waals surface area contributed by atoms with Crippen molar-refractivity contribution in [3.05, 3.63) is 0 Å². The van der Waals surface area contributed by atoms with E-state index in [1.54, 1.807) is 11.9 Å². The van der Waals surface area contributed by atoms with Gasteiger partial charge in [-0.25, -0.2) is 0 Å². The number of rotatable bonds is 7. The third-order valence-electron chi connectivity index (χ3n) is 2.59. The Bertz CT molecular complexity index is 312. The molecule has 0 aromatic heterocycles. The molecule has 0 atom stereocenters. The van der Waals surface area contributed by atoms with Crippen molar-refractivity contribution in [2.45, 2.75) is 18.9 Å². The summed E-state index contributed by atoms with van der Waals surface area (Å²) in [6.07, 6.45) is 1.97. The van der Waals surface area contributed by atoms with Gasteiger partial charge in [-0.15, -0.1) is 0 Å². The van der Waals surface area contributed by atoms with Crippen LogP contribution in [0.1, 0.15) is 12.8 Å². The summed E-state index contributed by atoms with van der Waals surface area (Å²) in [5, 5.41) is 8.65. The van der Waals surface area contributed by atoms with Gasteiger partial charge in [0.2, 0.25) is 11.8 Å². The highest BCUT2D eigenvalue weighted by Gasteiger charge is 2.30. The van der Waals surface area contributed by atoms with E-state index in [4.69, 9.17) is 10.8 Å². The maximum atomic E-state index is 11.7. The van der Waals surface area contributed by atoms with Gasteiger partial charge in [0.25, 0.3) is 0 Å². The van der Waals surface area contributed by atoms with Gasteiger partial charge in [-0.3, -0.25) is 19.3 Å². The van der Waals surface area contributed by atoms with E-state index in [9.17, 15) is 14.4 Å². The Morgan fingerprint density at radius 2 is 1.82 bits per heavy atom. The minimum absolute atomic E-state index is 0.0950. The smallest absolute Gasteiger partial charge is 0.317 e. The van der Waals surface area contributed by atoms with E-state index in [0.29, 0.717) is 0 Å². The van der Waals surface area contributed by atoms with Crippen LogP contribution in [0.15, 0.2) is 0 Å². The highest BCUT2D eigenvalue weighted by molar-refractivity contribution is 5.82. The van der Waals surface area contributed by atoms with Gasteiger partial charge in [-0.2, -0.15) is 0 Å². The Hall–Kier alpha value is -1.63. The standard InChI is InChI=1S/C10H17N3O4/c1-12(7-2-3-7)9(15)5-13(4-8(11)14)6-10(16)17/h7H,2-6H2,1H3,(H2,11,14)(H,16,17). The zero-order chi connectivity index (χ0) is 13.0. The predicted octanol–water partition coefficient (Wildman–Crippen LogP) is -1.52. The van der Waals surface area contributed by atoms with Gasteiger partial charge < -0.3 is 15.7 Å². The Labute approximate surface area is 99.2 Å². The van der Waals surface area contributed by atoms with E-state index in [1.165, 1.54) is 4.90 Å². The number of aliphatic carboxylic acids is 1. The van der Waals surface area contributed by atoms with Crippen molar-refractivity contribution in [2.24, 2.45) is 5.73 Å². The summed E-state index contributed by atoms with van der Waals surface area (Å²) in [7, 11) is 1.68. The number of nitrogens with zero attached hydrogens (tertiary/aromatic N) is 2. The topological polar surface area (TPSA) is 104 Å². The minimum atomic E-state index is -1.09. The van der Waals surface area contributed by atoms with Gasteiger partial charge in [-0.05, 0) is 12.8 Å². The molecule has 1 aliphatic carbocycles. The van der Waals surface area contributed by atoms with Crippen LogP contribution in [-0.4, -0.2) is 65.4 Å². The second kappa shape index (κ2) is 5.62. The average molecular weight is 243 g/mol. The van der Waals surface area contributed by atoms with E-state index in [0.717, 1.165) is 12.8 Å². The van der Waals surface area contributed by atoms with E-state index in [1.807, 2.05) is 0 Å². The fourth-order valence-corrected chi connectivity index (χ4v) is 1.55. The first-order valence-corrected chi connectivity index (χ1v) is 5.38. The van der Waals surface area contributed by atoms with E-state index >= 15 is 0 Å². The van der Waals surface area contributed by atoms with Gasteiger partial charge in [0.15, 0.2) is 0 Å². The molecule has 0 aliphatic heterocycles. The Balaban J connectivity index is 2.48. The quantitative estimate of drug-likeness (QED) is 0.565. The second-order valence-corrected chi connectivity index (χ2v) is 4.24. The van der Waals surface area contributed by atoms with Gasteiger partial charge in [0, 0.05) is 13.1 Å². The lowest BCUT2D eigenvalue weighted by atomic mass is 10.4. The number of amides is 2. The van der Waals surface area contributed by atoms with Crippen molar-refractivity contribution in [3.8, 4) is 0 Å². The van der Waals surface area contributed by atoms with Gasteiger partial charge in [-0.1, -0.05) is 0 Å². The van der Waals surface area contributed by atoms with E-state index in [-0.39, 0.29) is 31.6 Å². The lowest BCUT2D eigenvalue weighted by molar-refractivity contribution is -0.140. The number of carbonyl (C=O) groups is 3. The minimum Gasteiger partial charge on any atom is -0.480 e. The van der Waals surface area contributed by atoms with Crippen LogP contribution in [0.5, 0.6) is 0 Å². The number of carboxylic acids is 1. The van der Waals surface area contributed by atoms with Crippen molar-refractivity contribution in [1.29, 1.82) is 0 Å². The van der Waals surface area contributed by atoms with E-state index < -0.39 is 11.9 Å². The maximum Gasteiger partial charge on any atom is 0.317 e. The molecule has 3 N–H and O–H groups in total. The number of hydrogen-bond acceptors (Lipinski definition) is 4. The Morgan fingerprint density at radius 3 is 2.24 bits per heavy atom. The average Bonchev–Trinajstić information content (AvgIpc) is 2.97. The monoisotopic (exact) mass is 243 g/mol. The fourth-order valence-electron chi connectivity index (χ4n) is 1.55. The normalized spacial score (nSPS) is 14.7. The molecule has 0 spiro atoms. The first kappa shape index (κ1) is 13.4. The van der Waals surface area contributed by atoms with Crippen LogP contribution in [0.2, 0.25) is 0 Å². The molecular formula is C10H17N3O4. The number of carbonyl (C=O) groups excluding carboxylic acids is 2. The molecule has 0 unspecified atom stereocenters. The Morgan fingerprint density at radius 1 is 1.24 bits per heavy atom. The molecule has 1 saturated carbocycles. The molecule has 0 radical (unpaired) electrons. The highest BCUT2D eigenvalue weighted by Crippen LogP contribution is 2.25. The summed E-state index contributed by atoms with van der Waals surface area (Å²) in [5.74, 6) is -1.92. The van der Waals surface area contributed by atoms with Crippen LogP contribution in [0.25, 0.3) is 0 Å². The van der Waals surface area contributed by atoms with Crippen LogP contribution >= 0.6 is 0 Å². The zero-order valence-electron chi connectivity index (χ0n) is 9.76. The molecule has 0 bridgehead atoms. The molecule has 1 rings (SSSR count). The van der Waals surface area contributed by atoms with Gasteiger partial charge >= 0.3 is 5.97 Å². The summed E-state index contributed by atoms with van der Waals surface area (Å²) in [4.78, 5) is 35.9. The second-order valence-electron chi connectivity index (χ2n) is 4.24. The molecule has 7 nitrogen and oxygen atoms in total. The van der Waals surface area contributed by atoms with Crippen molar-refractivity contribution >= 4 is 17.8 Å². The zero-order valence-corrected chi connectivity index (χ0v) is 9.76. The molecule has 1 fully saturated rings. The molecule has 2 amide bonds. The first-order chi connectivity index (χ1) is 7.90. The fraction of sp³-hybridized carbons (Fsp3) is 0.700. The molecule has 0 aromatic carbocycles. The van der Waals surface area contributed by atoms with Crippen molar-refractivity contribution in [1.82, 2.24) is 9.80 Å². The van der Waals surface area contributed by atoms with Crippen molar-refractivity contribution in [2.75, 3.05) is 26.7 Å². The van der Waals surface area contributed by atoms with Crippen LogP contribution in [0.3, 0.4) is 0 Å². The van der Waals surface area contributed by atoms with E-state index in [2.05, 4.69) is 0 Å². The predicted molar refractivity (Wildman–Crippen MR) is 59.1 cm³/mol. The van der Waals surface area contributed by atoms with Crippen LogP contribution in [0, 0.1) is 0 Å². The number of nitrogens with two attached hydrogens (primary N) is 1. The number of hydrogen-bond donors (Lipinski definition) is 2. The third-order valence-corrected chi connectivity index (χ3v) is 2.59. The van der Waals surface area contributed by atoms with Crippen LogP contribution in [0.4, 0.5) is 0 Å². The number of carboxylic acid groups (broad SMARTS) is 1. The lowest BCUT2D eigenvalue weighted by Crippen LogP contribution is -2.44. The molecule has 1 aliphatic rings. The molecule has 0 heterocycles. The largest absolute Gasteiger partial charge is 0.480 e. The molecule has 0 saturated heterocycles. The molecule has 96 valence electrons. The third kappa shape index (κ3) is 4.81. The number of primary amides is 1. The van der Waals surface area contributed by atoms with Crippen molar-refractivity contribution < 1.29 is 19.5 Å². The summed E-state index contributed by atoms with van der Waals surface area (Å²) < 4.78 is 0. The van der Waals surface area contributed by atoms with Crippen LogP contribution in [-0.2, 0) is 14.4 Å². The van der Waals surface area contributed by atoms with Gasteiger partial charge in [0.1, 0.15) is 0 Å². The molecule has 17 heavy (non-hydrogen) atoms. The Kier molecular flexibility index (Phi) is 4.45. The van der Waals surface area contributed by atoms with Crippen molar-refractivity contribution in [3.63, 3.8) is 0 Å². The maximum absolute atomic E-state index is 11.7. The highest BCUT2D eigenvalue weighted by atomic mass is 16.4. The van der Waals surface area contributed by atoms with Gasteiger partial charge in [0.05, 0.1) is 19.6 Å². The number of likely N-dealkylation sites (N-methyl/N-ethyl adjacent to an activating group) is 1. The van der Waals surface area contributed by atoms with Crippen LogP contribution < -0.4 is 5.73 Å².